The Hall–Kier alpha value is -2.34. The van der Waals surface area contributed by atoms with Gasteiger partial charge in [0.05, 0.1) is 0 Å². The molecular formula is C22H20. The predicted octanol–water partition coefficient (Wildman–Crippen LogP) is 5.40. The highest BCUT2D eigenvalue weighted by Gasteiger charge is 2.26. The molecule has 0 saturated carbocycles. The summed E-state index contributed by atoms with van der Waals surface area (Å²) in [5.74, 6) is 0.444. The lowest BCUT2D eigenvalue weighted by Gasteiger charge is -2.24. The maximum atomic E-state index is 2.33. The third-order valence-corrected chi connectivity index (χ3v) is 4.70. The first-order chi connectivity index (χ1) is 10.8. The van der Waals surface area contributed by atoms with E-state index in [0.29, 0.717) is 5.92 Å². The zero-order chi connectivity index (χ0) is 14.9. The van der Waals surface area contributed by atoms with Crippen molar-refractivity contribution in [3.05, 3.63) is 106 Å². The molecule has 0 amide bonds. The van der Waals surface area contributed by atoms with E-state index in [4.69, 9.17) is 0 Å². The van der Waals surface area contributed by atoms with Crippen LogP contribution in [-0.2, 0) is 6.42 Å². The van der Waals surface area contributed by atoms with Gasteiger partial charge in [-0.15, -0.1) is 0 Å². The maximum Gasteiger partial charge on any atom is 0.0281 e. The van der Waals surface area contributed by atoms with Gasteiger partial charge in [-0.05, 0) is 47.6 Å². The minimum atomic E-state index is 0.444. The Morgan fingerprint density at radius 3 is 2.64 bits per heavy atom. The van der Waals surface area contributed by atoms with Gasteiger partial charge in [0.2, 0.25) is 0 Å². The SMILES string of the molecule is Cc1ccc(CC2=CC=C(C3=CCC=C3)C3C=CC=C23)cc1. The van der Waals surface area contributed by atoms with E-state index in [0.717, 1.165) is 12.8 Å². The quantitative estimate of drug-likeness (QED) is 0.697. The average molecular weight is 284 g/mol. The first-order valence-electron chi connectivity index (χ1n) is 8.03. The van der Waals surface area contributed by atoms with Crippen LogP contribution in [0.2, 0.25) is 0 Å². The van der Waals surface area contributed by atoms with E-state index in [1.165, 1.54) is 33.4 Å². The first-order valence-corrected chi connectivity index (χ1v) is 8.03. The molecule has 0 fully saturated rings. The molecule has 0 radical (unpaired) electrons. The second-order valence-corrected chi connectivity index (χ2v) is 6.26. The Labute approximate surface area is 132 Å². The standard InChI is InChI=1S/C22H20/c1-16-9-11-17(12-10-16)15-19-13-14-21(18-5-2-3-6-18)22-8-4-7-20(19)22/h2,4-14,22H,3,15H2,1H3. The smallest absolute Gasteiger partial charge is 0.0281 e. The molecule has 1 aromatic carbocycles. The van der Waals surface area contributed by atoms with Gasteiger partial charge in [0.1, 0.15) is 0 Å². The number of fused-ring (bicyclic) bond motifs is 1. The molecule has 3 aliphatic rings. The molecule has 0 saturated heterocycles. The minimum absolute atomic E-state index is 0.444. The molecule has 3 aliphatic carbocycles. The number of hydrogen-bond donors (Lipinski definition) is 0. The van der Waals surface area contributed by atoms with Crippen molar-refractivity contribution in [1.82, 2.24) is 0 Å². The van der Waals surface area contributed by atoms with Gasteiger partial charge in [-0.2, -0.15) is 0 Å². The lowest BCUT2D eigenvalue weighted by molar-refractivity contribution is 0.901. The molecular weight excluding hydrogens is 264 g/mol. The highest BCUT2D eigenvalue weighted by Crippen LogP contribution is 2.40. The largest absolute Gasteiger partial charge is 0.0801 e. The molecule has 0 nitrogen and oxygen atoms in total. The summed E-state index contributed by atoms with van der Waals surface area (Å²) in [6.07, 6.45) is 20.4. The first kappa shape index (κ1) is 13.3. The summed E-state index contributed by atoms with van der Waals surface area (Å²) < 4.78 is 0. The van der Waals surface area contributed by atoms with Gasteiger partial charge in [-0.3, -0.25) is 0 Å². The molecule has 0 aromatic heterocycles. The number of aryl methyl sites for hydroxylation is 1. The van der Waals surface area contributed by atoms with Crippen LogP contribution in [-0.4, -0.2) is 0 Å². The monoisotopic (exact) mass is 284 g/mol. The third kappa shape index (κ3) is 2.35. The van der Waals surface area contributed by atoms with Gasteiger partial charge >= 0.3 is 0 Å². The molecule has 0 heterocycles. The molecule has 1 unspecified atom stereocenters. The van der Waals surface area contributed by atoms with E-state index in [1.54, 1.807) is 0 Å². The van der Waals surface area contributed by atoms with E-state index in [9.17, 15) is 0 Å². The van der Waals surface area contributed by atoms with Crippen LogP contribution in [0.1, 0.15) is 17.5 Å². The average Bonchev–Trinajstić information content (AvgIpc) is 3.20. The van der Waals surface area contributed by atoms with Crippen molar-refractivity contribution in [2.24, 2.45) is 5.92 Å². The Balaban J connectivity index is 1.65. The molecule has 0 bridgehead atoms. The predicted molar refractivity (Wildman–Crippen MR) is 93.6 cm³/mol. The van der Waals surface area contributed by atoms with Gasteiger partial charge in [0, 0.05) is 5.92 Å². The Morgan fingerprint density at radius 2 is 1.86 bits per heavy atom. The van der Waals surface area contributed by atoms with Crippen molar-refractivity contribution < 1.29 is 0 Å². The van der Waals surface area contributed by atoms with Crippen LogP contribution >= 0.6 is 0 Å². The topological polar surface area (TPSA) is 0 Å². The summed E-state index contributed by atoms with van der Waals surface area (Å²) in [7, 11) is 0. The zero-order valence-electron chi connectivity index (χ0n) is 12.9. The second-order valence-electron chi connectivity index (χ2n) is 6.26. The van der Waals surface area contributed by atoms with Crippen molar-refractivity contribution in [1.29, 1.82) is 0 Å². The van der Waals surface area contributed by atoms with E-state index >= 15 is 0 Å². The van der Waals surface area contributed by atoms with E-state index in [-0.39, 0.29) is 0 Å². The van der Waals surface area contributed by atoms with Crippen molar-refractivity contribution in [3.63, 3.8) is 0 Å². The highest BCUT2D eigenvalue weighted by molar-refractivity contribution is 5.60. The van der Waals surface area contributed by atoms with Crippen molar-refractivity contribution in [2.45, 2.75) is 19.8 Å². The minimum Gasteiger partial charge on any atom is -0.0801 e. The molecule has 22 heavy (non-hydrogen) atoms. The molecule has 108 valence electrons. The summed E-state index contributed by atoms with van der Waals surface area (Å²) in [5, 5.41) is 0. The zero-order valence-corrected chi connectivity index (χ0v) is 12.9. The number of rotatable bonds is 3. The molecule has 0 aliphatic heterocycles. The maximum absolute atomic E-state index is 2.33. The molecule has 0 heteroatoms. The van der Waals surface area contributed by atoms with Gasteiger partial charge in [0.15, 0.2) is 0 Å². The van der Waals surface area contributed by atoms with Gasteiger partial charge < -0.3 is 0 Å². The highest BCUT2D eigenvalue weighted by atomic mass is 14.3. The van der Waals surface area contributed by atoms with Crippen LogP contribution in [0.4, 0.5) is 0 Å². The van der Waals surface area contributed by atoms with Crippen LogP contribution in [0.3, 0.4) is 0 Å². The van der Waals surface area contributed by atoms with Crippen LogP contribution in [0.5, 0.6) is 0 Å². The fourth-order valence-electron chi connectivity index (χ4n) is 3.48. The van der Waals surface area contributed by atoms with Crippen molar-refractivity contribution in [3.8, 4) is 0 Å². The van der Waals surface area contributed by atoms with Gasteiger partial charge in [0.25, 0.3) is 0 Å². The van der Waals surface area contributed by atoms with Crippen LogP contribution in [0.25, 0.3) is 0 Å². The normalized spacial score (nSPS) is 22.1. The summed E-state index contributed by atoms with van der Waals surface area (Å²) in [4.78, 5) is 0. The summed E-state index contributed by atoms with van der Waals surface area (Å²) in [6, 6.07) is 8.89. The van der Waals surface area contributed by atoms with Crippen molar-refractivity contribution in [2.75, 3.05) is 0 Å². The fraction of sp³-hybridized carbons (Fsp3) is 0.182. The summed E-state index contributed by atoms with van der Waals surface area (Å²) in [5.41, 5.74) is 8.47. The molecule has 0 spiro atoms. The van der Waals surface area contributed by atoms with E-state index < -0.39 is 0 Å². The molecule has 1 atom stereocenters. The lowest BCUT2D eigenvalue weighted by Crippen LogP contribution is -2.11. The number of benzene rings is 1. The van der Waals surface area contributed by atoms with Gasteiger partial charge in [-0.1, -0.05) is 78.4 Å². The fourth-order valence-corrected chi connectivity index (χ4v) is 3.48. The summed E-state index contributed by atoms with van der Waals surface area (Å²) >= 11 is 0. The van der Waals surface area contributed by atoms with Gasteiger partial charge in [-0.25, -0.2) is 0 Å². The molecule has 4 rings (SSSR count). The second kappa shape index (κ2) is 5.46. The van der Waals surface area contributed by atoms with Crippen LogP contribution < -0.4 is 0 Å². The van der Waals surface area contributed by atoms with Crippen LogP contribution in [0, 0.1) is 12.8 Å². The lowest BCUT2D eigenvalue weighted by atomic mass is 9.79. The molecule has 0 N–H and O–H groups in total. The van der Waals surface area contributed by atoms with Crippen LogP contribution in [0.15, 0.2) is 95.2 Å². The van der Waals surface area contributed by atoms with E-state index in [2.05, 4.69) is 79.8 Å². The van der Waals surface area contributed by atoms with E-state index in [1.807, 2.05) is 0 Å². The summed E-state index contributed by atoms with van der Waals surface area (Å²) in [6.45, 7) is 2.14. The molecule has 1 aromatic rings. The Morgan fingerprint density at radius 1 is 1.00 bits per heavy atom. The number of allylic oxidation sites excluding steroid dienone is 12. The third-order valence-electron chi connectivity index (χ3n) is 4.70. The number of hydrogen-bond acceptors (Lipinski definition) is 0. The Bertz CT molecular complexity index is 774. The Kier molecular flexibility index (Phi) is 3.31. The van der Waals surface area contributed by atoms with Crippen molar-refractivity contribution >= 4 is 0 Å².